The number of methoxy groups -OCH3 is 1. The van der Waals surface area contributed by atoms with Crippen LogP contribution >= 0.6 is 0 Å². The Morgan fingerprint density at radius 2 is 2.14 bits per heavy atom. The normalized spacial score (nSPS) is 20.4. The van der Waals surface area contributed by atoms with Crippen LogP contribution in [0.2, 0.25) is 0 Å². The average molecular weight is 306 g/mol. The fraction of sp³-hybridized carbons (Fsp3) is 0.588. The van der Waals surface area contributed by atoms with Crippen molar-refractivity contribution in [1.82, 2.24) is 10.2 Å². The number of rotatable bonds is 7. The minimum absolute atomic E-state index is 0.0215. The Bertz CT molecular complexity index is 452. The highest BCUT2D eigenvalue weighted by atomic mass is 16.5. The van der Waals surface area contributed by atoms with Crippen LogP contribution < -0.4 is 10.1 Å². The van der Waals surface area contributed by atoms with Gasteiger partial charge in [0.2, 0.25) is 5.91 Å². The molecule has 122 valence electrons. The summed E-state index contributed by atoms with van der Waals surface area (Å²) < 4.78 is 11.2. The monoisotopic (exact) mass is 306 g/mol. The molecule has 2 rings (SSSR count). The second kappa shape index (κ2) is 8.76. The maximum absolute atomic E-state index is 12.2. The first-order valence-corrected chi connectivity index (χ1v) is 8.01. The molecule has 1 amide bonds. The van der Waals surface area contributed by atoms with Gasteiger partial charge in [-0.25, -0.2) is 0 Å². The zero-order chi connectivity index (χ0) is 15.8. The van der Waals surface area contributed by atoms with Crippen LogP contribution in [-0.2, 0) is 9.53 Å². The molecule has 5 heteroatoms. The third-order valence-corrected chi connectivity index (χ3v) is 3.89. The standard InChI is InChI=1S/C17H26N2O3/c1-3-16(22-14-9-5-4-6-10-14)18-15(20)13-19-12-8-7-11-17(19)21-2/h4-6,9-10,16-17H,3,7-8,11-13H2,1-2H3,(H,18,20). The number of benzene rings is 1. The average Bonchev–Trinajstić information content (AvgIpc) is 2.55. The van der Waals surface area contributed by atoms with Gasteiger partial charge in [0.15, 0.2) is 6.23 Å². The summed E-state index contributed by atoms with van der Waals surface area (Å²) in [6.45, 7) is 3.25. The lowest BCUT2D eigenvalue weighted by Gasteiger charge is -2.34. The van der Waals surface area contributed by atoms with E-state index in [0.29, 0.717) is 13.0 Å². The lowest BCUT2D eigenvalue weighted by atomic mass is 10.1. The van der Waals surface area contributed by atoms with Gasteiger partial charge in [0.05, 0.1) is 6.54 Å². The maximum atomic E-state index is 12.2. The summed E-state index contributed by atoms with van der Waals surface area (Å²) in [7, 11) is 1.70. The number of likely N-dealkylation sites (tertiary alicyclic amines) is 1. The van der Waals surface area contributed by atoms with E-state index in [2.05, 4.69) is 10.2 Å². The number of ether oxygens (including phenoxy) is 2. The molecule has 5 nitrogen and oxygen atoms in total. The van der Waals surface area contributed by atoms with Gasteiger partial charge in [-0.15, -0.1) is 0 Å². The molecule has 1 saturated heterocycles. The summed E-state index contributed by atoms with van der Waals surface area (Å²) >= 11 is 0. The van der Waals surface area contributed by atoms with Gasteiger partial charge in [0.1, 0.15) is 12.0 Å². The Kier molecular flexibility index (Phi) is 6.68. The Labute approximate surface area is 132 Å². The van der Waals surface area contributed by atoms with Gasteiger partial charge in [-0.2, -0.15) is 0 Å². The maximum Gasteiger partial charge on any atom is 0.237 e. The SMILES string of the molecule is CCC(NC(=O)CN1CCCCC1OC)Oc1ccccc1. The first-order valence-electron chi connectivity index (χ1n) is 8.01. The Morgan fingerprint density at radius 1 is 1.36 bits per heavy atom. The van der Waals surface area contributed by atoms with Gasteiger partial charge in [-0.3, -0.25) is 9.69 Å². The zero-order valence-electron chi connectivity index (χ0n) is 13.5. The van der Waals surface area contributed by atoms with Gasteiger partial charge in [-0.1, -0.05) is 25.1 Å². The molecule has 0 saturated carbocycles. The van der Waals surface area contributed by atoms with Crippen LogP contribution in [-0.4, -0.2) is 43.5 Å². The van der Waals surface area contributed by atoms with E-state index in [1.54, 1.807) is 7.11 Å². The highest BCUT2D eigenvalue weighted by Crippen LogP contribution is 2.17. The third kappa shape index (κ3) is 5.00. The number of piperidine rings is 1. The van der Waals surface area contributed by atoms with E-state index in [1.807, 2.05) is 37.3 Å². The Balaban J connectivity index is 1.83. The number of nitrogens with zero attached hydrogens (tertiary/aromatic N) is 1. The van der Waals surface area contributed by atoms with Gasteiger partial charge in [0.25, 0.3) is 0 Å². The van der Waals surface area contributed by atoms with Crippen molar-refractivity contribution >= 4 is 5.91 Å². The van der Waals surface area contributed by atoms with Crippen molar-refractivity contribution in [3.63, 3.8) is 0 Å². The molecule has 1 fully saturated rings. The van der Waals surface area contributed by atoms with Crippen molar-refractivity contribution in [2.75, 3.05) is 20.2 Å². The minimum atomic E-state index is -0.305. The number of carbonyl (C=O) groups is 1. The van der Waals surface area contributed by atoms with Crippen molar-refractivity contribution in [1.29, 1.82) is 0 Å². The van der Waals surface area contributed by atoms with E-state index in [0.717, 1.165) is 31.6 Å². The molecule has 22 heavy (non-hydrogen) atoms. The molecule has 0 spiro atoms. The minimum Gasteiger partial charge on any atom is -0.471 e. The van der Waals surface area contributed by atoms with Gasteiger partial charge in [-0.05, 0) is 31.4 Å². The number of nitrogens with one attached hydrogen (secondary N) is 1. The molecule has 0 bridgehead atoms. The highest BCUT2D eigenvalue weighted by molar-refractivity contribution is 5.78. The molecule has 0 aromatic heterocycles. The first kappa shape index (κ1) is 16.8. The second-order valence-corrected chi connectivity index (χ2v) is 5.55. The molecule has 1 aliphatic heterocycles. The highest BCUT2D eigenvalue weighted by Gasteiger charge is 2.24. The zero-order valence-corrected chi connectivity index (χ0v) is 13.5. The van der Waals surface area contributed by atoms with Crippen LogP contribution in [0.15, 0.2) is 30.3 Å². The smallest absolute Gasteiger partial charge is 0.237 e. The van der Waals surface area contributed by atoms with Crippen LogP contribution in [0.4, 0.5) is 0 Å². The summed E-state index contributed by atoms with van der Waals surface area (Å²) in [5.41, 5.74) is 0. The van der Waals surface area contributed by atoms with E-state index >= 15 is 0 Å². The molecular weight excluding hydrogens is 280 g/mol. The quantitative estimate of drug-likeness (QED) is 0.786. The van der Waals surface area contributed by atoms with Crippen molar-refractivity contribution in [3.05, 3.63) is 30.3 Å². The summed E-state index contributed by atoms with van der Waals surface area (Å²) in [4.78, 5) is 14.3. The number of carbonyl (C=O) groups excluding carboxylic acids is 1. The Hall–Kier alpha value is -1.59. The largest absolute Gasteiger partial charge is 0.471 e. The molecule has 1 N–H and O–H groups in total. The fourth-order valence-corrected chi connectivity index (χ4v) is 2.70. The van der Waals surface area contributed by atoms with Crippen LogP contribution in [0.5, 0.6) is 5.75 Å². The molecule has 0 aliphatic carbocycles. The van der Waals surface area contributed by atoms with E-state index in [4.69, 9.17) is 9.47 Å². The van der Waals surface area contributed by atoms with Crippen LogP contribution in [0.25, 0.3) is 0 Å². The molecule has 0 radical (unpaired) electrons. The fourth-order valence-electron chi connectivity index (χ4n) is 2.70. The van der Waals surface area contributed by atoms with Crippen LogP contribution in [0.1, 0.15) is 32.6 Å². The van der Waals surface area contributed by atoms with E-state index in [1.165, 1.54) is 0 Å². The third-order valence-electron chi connectivity index (χ3n) is 3.89. The van der Waals surface area contributed by atoms with Crippen LogP contribution in [0.3, 0.4) is 0 Å². The van der Waals surface area contributed by atoms with Gasteiger partial charge in [0, 0.05) is 20.1 Å². The number of hydrogen-bond acceptors (Lipinski definition) is 4. The first-order chi connectivity index (χ1) is 10.7. The summed E-state index contributed by atoms with van der Waals surface area (Å²) in [6, 6.07) is 9.55. The molecule has 1 heterocycles. The van der Waals surface area contributed by atoms with Crippen molar-refractivity contribution < 1.29 is 14.3 Å². The van der Waals surface area contributed by atoms with E-state index < -0.39 is 0 Å². The summed E-state index contributed by atoms with van der Waals surface area (Å²) in [6.07, 6.45) is 3.72. The number of amides is 1. The van der Waals surface area contributed by atoms with Gasteiger partial charge >= 0.3 is 0 Å². The van der Waals surface area contributed by atoms with Crippen molar-refractivity contribution in [2.45, 2.75) is 45.1 Å². The lowest BCUT2D eigenvalue weighted by molar-refractivity contribution is -0.130. The second-order valence-electron chi connectivity index (χ2n) is 5.55. The molecular formula is C17H26N2O3. The lowest BCUT2D eigenvalue weighted by Crippen LogP contribution is -2.49. The van der Waals surface area contributed by atoms with Crippen LogP contribution in [0, 0.1) is 0 Å². The van der Waals surface area contributed by atoms with Crippen molar-refractivity contribution in [3.8, 4) is 5.75 Å². The molecule has 2 atom stereocenters. The molecule has 1 aromatic carbocycles. The Morgan fingerprint density at radius 3 is 2.82 bits per heavy atom. The molecule has 1 aliphatic rings. The molecule has 2 unspecified atom stereocenters. The molecule has 1 aromatic rings. The number of para-hydroxylation sites is 1. The predicted molar refractivity (Wildman–Crippen MR) is 85.5 cm³/mol. The topological polar surface area (TPSA) is 50.8 Å². The van der Waals surface area contributed by atoms with E-state index in [9.17, 15) is 4.79 Å². The number of hydrogen-bond donors (Lipinski definition) is 1. The van der Waals surface area contributed by atoms with E-state index in [-0.39, 0.29) is 18.4 Å². The summed E-state index contributed by atoms with van der Waals surface area (Å²) in [5, 5.41) is 2.95. The predicted octanol–water partition coefficient (Wildman–Crippen LogP) is 2.38. The summed E-state index contributed by atoms with van der Waals surface area (Å²) in [5.74, 6) is 0.745. The van der Waals surface area contributed by atoms with Crippen molar-refractivity contribution in [2.24, 2.45) is 0 Å². The van der Waals surface area contributed by atoms with Gasteiger partial charge < -0.3 is 14.8 Å².